The van der Waals surface area contributed by atoms with E-state index in [1.807, 2.05) is 6.92 Å². The summed E-state index contributed by atoms with van der Waals surface area (Å²) in [5.41, 5.74) is 0. The average molecular weight is 491 g/mol. The molecule has 0 amide bonds. The molecule has 0 aromatic rings. The molecule has 0 saturated heterocycles. The number of ketones is 1. The van der Waals surface area contributed by atoms with Crippen LogP contribution in [0.5, 0.6) is 0 Å². The zero-order valence-electron chi connectivity index (χ0n) is 23.5. The molecule has 0 heterocycles. The molecule has 0 unspecified atom stereocenters. The number of carbonyl (C=O) groups excluding carboxylic acids is 1. The largest absolute Gasteiger partial charge is 0.413 e. The Balaban J connectivity index is 2.34. The van der Waals surface area contributed by atoms with Crippen LogP contribution in [0.1, 0.15) is 74.7 Å². The van der Waals surface area contributed by atoms with Crippen LogP contribution in [-0.4, -0.2) is 34.6 Å². The summed E-state index contributed by atoms with van der Waals surface area (Å²) >= 11 is 0. The molecule has 2 fully saturated rings. The van der Waals surface area contributed by atoms with Gasteiger partial charge in [-0.25, -0.2) is 0 Å². The fourth-order valence-corrected chi connectivity index (χ4v) is 7.40. The fraction of sp³-hybridized carbons (Fsp3) is 0.821. The van der Waals surface area contributed by atoms with Crippen molar-refractivity contribution in [3.8, 4) is 11.8 Å². The van der Waals surface area contributed by atoms with Crippen molar-refractivity contribution in [3.63, 3.8) is 0 Å². The van der Waals surface area contributed by atoms with E-state index in [2.05, 4.69) is 98.6 Å². The Morgan fingerprint density at radius 3 is 2.09 bits per heavy atom. The molecule has 3 nitrogen and oxygen atoms in total. The molecule has 188 valence electrons. The maximum Gasteiger partial charge on any atom is 0.192 e. The van der Waals surface area contributed by atoms with Gasteiger partial charge < -0.3 is 8.85 Å². The van der Waals surface area contributed by atoms with Crippen molar-refractivity contribution in [2.45, 2.75) is 123 Å². The quantitative estimate of drug-likeness (QED) is 0.209. The van der Waals surface area contributed by atoms with Crippen LogP contribution in [-0.2, 0) is 13.6 Å². The maximum absolute atomic E-state index is 12.3. The summed E-state index contributed by atoms with van der Waals surface area (Å²) in [4.78, 5) is 12.3. The van der Waals surface area contributed by atoms with Crippen LogP contribution in [0.3, 0.4) is 0 Å². The lowest BCUT2D eigenvalue weighted by Crippen LogP contribution is -2.45. The average Bonchev–Trinajstić information content (AvgIpc) is 3.12. The lowest BCUT2D eigenvalue weighted by atomic mass is 9.90. The van der Waals surface area contributed by atoms with Crippen molar-refractivity contribution in [3.05, 3.63) is 12.2 Å². The molecule has 2 aliphatic carbocycles. The first-order valence-corrected chi connectivity index (χ1v) is 18.7. The molecular formula is C28H50O3Si2. The third-order valence-corrected chi connectivity index (χ3v) is 17.9. The van der Waals surface area contributed by atoms with Gasteiger partial charge in [0.1, 0.15) is 5.78 Å². The molecule has 0 aromatic carbocycles. The highest BCUT2D eigenvalue weighted by Gasteiger charge is 2.50. The lowest BCUT2D eigenvalue weighted by Gasteiger charge is -2.40. The molecular weight excluding hydrogens is 440 g/mol. The summed E-state index contributed by atoms with van der Waals surface area (Å²) in [5, 5.41) is 0.316. The molecule has 6 atom stereocenters. The van der Waals surface area contributed by atoms with Crippen LogP contribution < -0.4 is 0 Å². The molecule has 0 spiro atoms. The molecule has 0 aromatic heterocycles. The van der Waals surface area contributed by atoms with Gasteiger partial charge >= 0.3 is 0 Å². The van der Waals surface area contributed by atoms with Gasteiger partial charge in [0.15, 0.2) is 16.6 Å². The normalized spacial score (nSPS) is 28.5. The fourth-order valence-electron chi connectivity index (χ4n) is 4.72. The van der Waals surface area contributed by atoms with Gasteiger partial charge in [-0.3, -0.25) is 4.79 Å². The van der Waals surface area contributed by atoms with Gasteiger partial charge in [-0.15, -0.1) is 5.92 Å². The molecule has 0 aliphatic heterocycles. The second-order valence-corrected chi connectivity index (χ2v) is 23.0. The van der Waals surface area contributed by atoms with E-state index in [1.54, 1.807) is 0 Å². The summed E-state index contributed by atoms with van der Waals surface area (Å²) in [7, 11) is -3.85. The molecule has 2 saturated carbocycles. The molecule has 2 aliphatic rings. The van der Waals surface area contributed by atoms with E-state index in [-0.39, 0.29) is 34.1 Å². The van der Waals surface area contributed by atoms with Crippen molar-refractivity contribution in [2.24, 2.45) is 23.7 Å². The summed E-state index contributed by atoms with van der Waals surface area (Å²) in [5.74, 6) is 8.13. The summed E-state index contributed by atoms with van der Waals surface area (Å²) in [6, 6.07) is 0. The highest BCUT2D eigenvalue weighted by molar-refractivity contribution is 6.74. The van der Waals surface area contributed by atoms with Crippen molar-refractivity contribution in [2.75, 3.05) is 0 Å². The zero-order valence-corrected chi connectivity index (χ0v) is 25.5. The topological polar surface area (TPSA) is 35.5 Å². The smallest absolute Gasteiger partial charge is 0.192 e. The van der Waals surface area contributed by atoms with Crippen LogP contribution in [0, 0.1) is 35.5 Å². The lowest BCUT2D eigenvalue weighted by molar-refractivity contribution is -0.118. The number of Topliss-reactive ketones (excluding diaryl/α,β-unsaturated/α-hetero) is 1. The molecule has 5 heteroatoms. The van der Waals surface area contributed by atoms with Gasteiger partial charge in [-0.05, 0) is 68.4 Å². The predicted molar refractivity (Wildman–Crippen MR) is 145 cm³/mol. The van der Waals surface area contributed by atoms with Crippen molar-refractivity contribution in [1.29, 1.82) is 0 Å². The van der Waals surface area contributed by atoms with Crippen LogP contribution in [0.4, 0.5) is 0 Å². The molecule has 0 radical (unpaired) electrons. The van der Waals surface area contributed by atoms with Crippen LogP contribution in [0.2, 0.25) is 36.3 Å². The third-order valence-electron chi connectivity index (χ3n) is 8.89. The van der Waals surface area contributed by atoms with Crippen molar-refractivity contribution < 1.29 is 13.6 Å². The van der Waals surface area contributed by atoms with Gasteiger partial charge in [-0.2, -0.15) is 0 Å². The van der Waals surface area contributed by atoms with E-state index in [4.69, 9.17) is 8.85 Å². The minimum absolute atomic E-state index is 0.0389. The monoisotopic (exact) mass is 490 g/mol. The first-order valence-electron chi connectivity index (χ1n) is 12.9. The SMILES string of the molecule is CC#C[C@H](C)[C@@H](/C=C/[C@@H]1[C@H]2CC(=O)C[C@H]2C[C@H]1O[Si](C)(C)C(C)(C)C)O[Si](C)(C)C(C)(C)C. The van der Waals surface area contributed by atoms with Gasteiger partial charge in [0.2, 0.25) is 0 Å². The minimum atomic E-state index is -1.95. The molecule has 0 bridgehead atoms. The second-order valence-electron chi connectivity index (χ2n) is 13.5. The minimum Gasteiger partial charge on any atom is -0.413 e. The Hall–Kier alpha value is -0.676. The van der Waals surface area contributed by atoms with Crippen molar-refractivity contribution in [1.82, 2.24) is 0 Å². The Morgan fingerprint density at radius 1 is 1.00 bits per heavy atom. The Bertz CT molecular complexity index is 789. The van der Waals surface area contributed by atoms with E-state index in [9.17, 15) is 4.79 Å². The number of hydrogen-bond donors (Lipinski definition) is 0. The number of hydrogen-bond acceptors (Lipinski definition) is 3. The van der Waals surface area contributed by atoms with E-state index in [0.717, 1.165) is 12.8 Å². The zero-order chi connectivity index (χ0) is 25.4. The summed E-state index contributed by atoms with van der Waals surface area (Å²) in [6.07, 6.45) is 7.23. The molecule has 0 N–H and O–H groups in total. The van der Waals surface area contributed by atoms with Gasteiger partial charge in [0.05, 0.1) is 12.2 Å². The summed E-state index contributed by atoms with van der Waals surface area (Å²) in [6.45, 7) is 27.1. The van der Waals surface area contributed by atoms with Crippen LogP contribution in [0.15, 0.2) is 12.2 Å². The van der Waals surface area contributed by atoms with E-state index in [0.29, 0.717) is 24.0 Å². The first-order chi connectivity index (χ1) is 14.9. The maximum atomic E-state index is 12.3. The second kappa shape index (κ2) is 10.1. The summed E-state index contributed by atoms with van der Waals surface area (Å²) < 4.78 is 13.8. The number of rotatable bonds is 7. The first kappa shape index (κ1) is 28.6. The van der Waals surface area contributed by atoms with Gasteiger partial charge in [0, 0.05) is 24.7 Å². The Labute approximate surface area is 206 Å². The predicted octanol–water partition coefficient (Wildman–Crippen LogP) is 7.60. The van der Waals surface area contributed by atoms with Crippen molar-refractivity contribution >= 4 is 22.4 Å². The highest BCUT2D eigenvalue weighted by Crippen LogP contribution is 2.50. The standard InChI is InChI=1S/C28H50O3Si2/c1-13-14-20(2)25(30-32(9,10)27(3,4)5)16-15-23-24-19-22(29)17-21(24)18-26(23)31-33(11,12)28(6,7)8/h15-16,20-21,23-26H,17-19H2,1-12H3/b16-15+/t20-,21-,23+,24-,25+,26+/m0/s1. The highest BCUT2D eigenvalue weighted by atomic mass is 28.4. The van der Waals surface area contributed by atoms with E-state index >= 15 is 0 Å². The van der Waals surface area contributed by atoms with Gasteiger partial charge in [-0.1, -0.05) is 59.6 Å². The Morgan fingerprint density at radius 2 is 1.58 bits per heavy atom. The van der Waals surface area contributed by atoms with E-state index < -0.39 is 16.6 Å². The third kappa shape index (κ3) is 6.72. The van der Waals surface area contributed by atoms with Gasteiger partial charge in [0.25, 0.3) is 0 Å². The van der Waals surface area contributed by atoms with Crippen LogP contribution >= 0.6 is 0 Å². The molecule has 2 rings (SSSR count). The van der Waals surface area contributed by atoms with Crippen LogP contribution in [0.25, 0.3) is 0 Å². The Kier molecular flexibility index (Phi) is 8.77. The number of fused-ring (bicyclic) bond motifs is 1. The van der Waals surface area contributed by atoms with E-state index in [1.165, 1.54) is 0 Å². The number of carbonyl (C=O) groups is 1. The molecule has 33 heavy (non-hydrogen) atoms.